The summed E-state index contributed by atoms with van der Waals surface area (Å²) in [6, 6.07) is 30.9. The number of hydrogen-bond donors (Lipinski definition) is 2. The molecular weight excluding hydrogens is 420 g/mol. The van der Waals surface area contributed by atoms with Crippen LogP contribution in [0.3, 0.4) is 0 Å². The number of para-hydroxylation sites is 1. The van der Waals surface area contributed by atoms with E-state index in [1.807, 2.05) is 42.5 Å². The predicted octanol–water partition coefficient (Wildman–Crippen LogP) is 5.71. The van der Waals surface area contributed by atoms with Crippen LogP contribution in [0.2, 0.25) is 0 Å². The van der Waals surface area contributed by atoms with E-state index in [1.54, 1.807) is 6.21 Å². The van der Waals surface area contributed by atoms with E-state index in [-0.39, 0.29) is 12.5 Å². The summed E-state index contributed by atoms with van der Waals surface area (Å²) in [4.78, 5) is 12.4. The van der Waals surface area contributed by atoms with Gasteiger partial charge in [-0.1, -0.05) is 84.4 Å². The normalized spacial score (nSPS) is 11.3. The highest BCUT2D eigenvalue weighted by Gasteiger charge is 2.08. The van der Waals surface area contributed by atoms with E-state index < -0.39 is 0 Å². The van der Waals surface area contributed by atoms with Gasteiger partial charge in [0, 0.05) is 40.3 Å². The number of rotatable bonds is 7. The Kier molecular flexibility index (Phi) is 6.08. The summed E-state index contributed by atoms with van der Waals surface area (Å²) in [5.41, 5.74) is 8.15. The molecule has 0 fully saturated rings. The van der Waals surface area contributed by atoms with Crippen molar-refractivity contribution in [2.75, 3.05) is 11.9 Å². The summed E-state index contributed by atoms with van der Waals surface area (Å²) in [6.07, 6.45) is 3.79. The van der Waals surface area contributed by atoms with E-state index in [9.17, 15) is 4.79 Å². The lowest BCUT2D eigenvalue weighted by molar-refractivity contribution is -0.119. The van der Waals surface area contributed by atoms with Gasteiger partial charge in [0.05, 0.1) is 12.8 Å². The number of anilines is 1. The topological polar surface area (TPSA) is 58.4 Å². The van der Waals surface area contributed by atoms with Gasteiger partial charge >= 0.3 is 0 Å². The molecule has 0 spiro atoms. The second-order valence-electron chi connectivity index (χ2n) is 8.39. The van der Waals surface area contributed by atoms with Gasteiger partial charge in [-0.2, -0.15) is 5.10 Å². The molecule has 0 radical (unpaired) electrons. The van der Waals surface area contributed by atoms with Crippen molar-refractivity contribution >= 4 is 39.5 Å². The van der Waals surface area contributed by atoms with Gasteiger partial charge in [-0.25, -0.2) is 5.43 Å². The molecule has 5 rings (SSSR count). The van der Waals surface area contributed by atoms with Crippen LogP contribution in [0.5, 0.6) is 0 Å². The van der Waals surface area contributed by atoms with E-state index in [0.717, 1.165) is 39.5 Å². The van der Waals surface area contributed by atoms with Crippen LogP contribution in [0.4, 0.5) is 5.69 Å². The van der Waals surface area contributed by atoms with E-state index in [2.05, 4.69) is 82.1 Å². The highest BCUT2D eigenvalue weighted by Crippen LogP contribution is 2.23. The van der Waals surface area contributed by atoms with Crippen LogP contribution in [0, 0.1) is 6.92 Å². The molecule has 5 nitrogen and oxygen atoms in total. The van der Waals surface area contributed by atoms with Crippen LogP contribution in [0.15, 0.2) is 102 Å². The first-order valence-corrected chi connectivity index (χ1v) is 11.3. The molecule has 1 heterocycles. The molecule has 2 N–H and O–H groups in total. The molecule has 0 aliphatic rings. The second kappa shape index (κ2) is 9.63. The molecule has 5 heteroatoms. The molecule has 0 saturated carbocycles. The predicted molar refractivity (Wildman–Crippen MR) is 140 cm³/mol. The minimum absolute atomic E-state index is 0.139. The zero-order valence-electron chi connectivity index (χ0n) is 19.0. The summed E-state index contributed by atoms with van der Waals surface area (Å²) in [6.45, 7) is 3.01. The molecule has 0 aliphatic heterocycles. The maximum atomic E-state index is 12.4. The summed E-state index contributed by atoms with van der Waals surface area (Å²) in [5, 5.41) is 10.7. The maximum absolute atomic E-state index is 12.4. The first-order valence-electron chi connectivity index (χ1n) is 11.3. The Morgan fingerprint density at radius 1 is 0.882 bits per heavy atom. The Labute approximate surface area is 198 Å². The van der Waals surface area contributed by atoms with Crippen LogP contribution < -0.4 is 10.7 Å². The molecule has 0 atom stereocenters. The fourth-order valence-electron chi connectivity index (χ4n) is 4.17. The molecule has 4 aromatic carbocycles. The van der Waals surface area contributed by atoms with Crippen LogP contribution in [-0.4, -0.2) is 23.2 Å². The number of amides is 1. The Hall–Kier alpha value is -4.38. The van der Waals surface area contributed by atoms with Crippen molar-refractivity contribution in [3.05, 3.63) is 114 Å². The van der Waals surface area contributed by atoms with Crippen LogP contribution >= 0.6 is 0 Å². The van der Waals surface area contributed by atoms with Crippen molar-refractivity contribution in [2.24, 2.45) is 5.10 Å². The molecule has 0 aliphatic carbocycles. The molecule has 168 valence electrons. The fraction of sp³-hybridized carbons (Fsp3) is 0.103. The SMILES string of the molecule is Cc1ccc(Cn2cc(/C=N\NC(=O)CNc3cccc4ccccc34)c3ccccc32)cc1. The van der Waals surface area contributed by atoms with Crippen LogP contribution in [0.1, 0.15) is 16.7 Å². The first-order chi connectivity index (χ1) is 16.7. The van der Waals surface area contributed by atoms with Crippen LogP contribution in [-0.2, 0) is 11.3 Å². The molecule has 5 aromatic rings. The number of aromatic nitrogens is 1. The quantitative estimate of drug-likeness (QED) is 0.248. The standard InChI is InChI=1S/C29H26N4O/c1-21-13-15-22(16-14-21)19-33-20-24(26-10-4-5-12-28(26)33)17-31-32-29(34)18-30-27-11-6-8-23-7-2-3-9-25(23)27/h2-17,20,30H,18-19H2,1H3,(H,32,34)/b31-17-. The zero-order chi connectivity index (χ0) is 23.3. The molecular formula is C29H26N4O. The third kappa shape index (κ3) is 4.69. The van der Waals surface area contributed by atoms with Crippen molar-refractivity contribution in [3.63, 3.8) is 0 Å². The van der Waals surface area contributed by atoms with Gasteiger partial charge in [0.25, 0.3) is 5.91 Å². The Bertz CT molecular complexity index is 1480. The van der Waals surface area contributed by atoms with Crippen molar-refractivity contribution in [3.8, 4) is 0 Å². The summed E-state index contributed by atoms with van der Waals surface area (Å²) >= 11 is 0. The van der Waals surface area contributed by atoms with Gasteiger partial charge in [0.2, 0.25) is 0 Å². The largest absolute Gasteiger partial charge is 0.376 e. The minimum atomic E-state index is -0.201. The van der Waals surface area contributed by atoms with E-state index in [4.69, 9.17) is 0 Å². The monoisotopic (exact) mass is 446 g/mol. The summed E-state index contributed by atoms with van der Waals surface area (Å²) in [7, 11) is 0. The highest BCUT2D eigenvalue weighted by molar-refractivity contribution is 6.00. The Morgan fingerprint density at radius 3 is 2.47 bits per heavy atom. The molecule has 0 bridgehead atoms. The number of fused-ring (bicyclic) bond motifs is 2. The Balaban J connectivity index is 1.26. The third-order valence-corrected chi connectivity index (χ3v) is 5.91. The van der Waals surface area contributed by atoms with E-state index in [1.165, 1.54) is 11.1 Å². The van der Waals surface area contributed by atoms with Gasteiger partial charge in [0.15, 0.2) is 0 Å². The number of hydrazone groups is 1. The molecule has 1 amide bonds. The number of carbonyl (C=O) groups excluding carboxylic acids is 1. The number of nitrogens with zero attached hydrogens (tertiary/aromatic N) is 2. The van der Waals surface area contributed by atoms with Gasteiger partial charge < -0.3 is 9.88 Å². The van der Waals surface area contributed by atoms with Gasteiger partial charge in [-0.05, 0) is 30.0 Å². The molecule has 0 saturated heterocycles. The van der Waals surface area contributed by atoms with Crippen molar-refractivity contribution in [1.29, 1.82) is 0 Å². The average molecular weight is 447 g/mol. The van der Waals surface area contributed by atoms with Gasteiger partial charge in [-0.3, -0.25) is 4.79 Å². The number of nitrogens with one attached hydrogen (secondary N) is 2. The van der Waals surface area contributed by atoms with Gasteiger partial charge in [-0.15, -0.1) is 0 Å². The highest BCUT2D eigenvalue weighted by atomic mass is 16.2. The van der Waals surface area contributed by atoms with Crippen molar-refractivity contribution in [1.82, 2.24) is 9.99 Å². The number of benzene rings is 4. The lowest BCUT2D eigenvalue weighted by Gasteiger charge is -2.08. The van der Waals surface area contributed by atoms with E-state index >= 15 is 0 Å². The second-order valence-corrected chi connectivity index (χ2v) is 8.39. The first kappa shape index (κ1) is 21.5. The molecule has 1 aromatic heterocycles. The Morgan fingerprint density at radius 2 is 1.62 bits per heavy atom. The van der Waals surface area contributed by atoms with Crippen molar-refractivity contribution in [2.45, 2.75) is 13.5 Å². The van der Waals surface area contributed by atoms with Gasteiger partial charge in [0.1, 0.15) is 0 Å². The summed E-state index contributed by atoms with van der Waals surface area (Å²) < 4.78 is 2.21. The molecule has 34 heavy (non-hydrogen) atoms. The van der Waals surface area contributed by atoms with Crippen LogP contribution in [0.25, 0.3) is 21.7 Å². The molecule has 0 unspecified atom stereocenters. The van der Waals surface area contributed by atoms with E-state index in [0.29, 0.717) is 0 Å². The van der Waals surface area contributed by atoms with Crippen molar-refractivity contribution < 1.29 is 4.79 Å². The minimum Gasteiger partial charge on any atom is -0.376 e. The lowest BCUT2D eigenvalue weighted by Crippen LogP contribution is -2.25. The smallest absolute Gasteiger partial charge is 0.259 e. The third-order valence-electron chi connectivity index (χ3n) is 5.91. The average Bonchev–Trinajstić information content (AvgIpc) is 3.21. The number of hydrogen-bond acceptors (Lipinski definition) is 3. The lowest BCUT2D eigenvalue weighted by atomic mass is 10.1. The number of aryl methyl sites for hydroxylation is 1. The maximum Gasteiger partial charge on any atom is 0.259 e. The summed E-state index contributed by atoms with van der Waals surface area (Å²) in [5.74, 6) is -0.201. The number of carbonyl (C=O) groups is 1. The zero-order valence-corrected chi connectivity index (χ0v) is 19.0. The fourth-order valence-corrected chi connectivity index (χ4v) is 4.17.